The van der Waals surface area contributed by atoms with Crippen LogP contribution >= 0.6 is 0 Å². The van der Waals surface area contributed by atoms with Crippen LogP contribution in [0.1, 0.15) is 78.1 Å². The lowest BCUT2D eigenvalue weighted by atomic mass is 9.65. The average molecular weight is 248 g/mol. The van der Waals surface area contributed by atoms with Crippen LogP contribution in [-0.4, -0.2) is 0 Å². The summed E-state index contributed by atoms with van der Waals surface area (Å²) in [7, 11) is 0. The first-order valence-electron chi connectivity index (χ1n) is 8.75. The topological polar surface area (TPSA) is 0 Å². The highest BCUT2D eigenvalue weighted by Crippen LogP contribution is 2.53. The van der Waals surface area contributed by atoms with E-state index in [1.807, 2.05) is 0 Å². The highest BCUT2D eigenvalue weighted by atomic mass is 14.5. The molecule has 3 aliphatic rings. The smallest absolute Gasteiger partial charge is 0.0352 e. The van der Waals surface area contributed by atoms with Gasteiger partial charge in [-0.3, -0.25) is 0 Å². The van der Waals surface area contributed by atoms with Gasteiger partial charge in [-0.2, -0.15) is 0 Å². The molecule has 3 rings (SSSR count). The highest BCUT2D eigenvalue weighted by molar-refractivity contribution is 4.94. The fourth-order valence-electron chi connectivity index (χ4n) is 5.58. The van der Waals surface area contributed by atoms with Crippen molar-refractivity contribution in [2.45, 2.75) is 78.1 Å². The van der Waals surface area contributed by atoms with Crippen molar-refractivity contribution in [2.75, 3.05) is 0 Å². The van der Waals surface area contributed by atoms with E-state index in [0.29, 0.717) is 0 Å². The number of hydrogen-bond acceptors (Lipinski definition) is 0. The monoisotopic (exact) mass is 248 g/mol. The number of rotatable bonds is 2. The minimum atomic E-state index is 0.933. The highest BCUT2D eigenvalue weighted by Gasteiger charge is 2.44. The van der Waals surface area contributed by atoms with Crippen LogP contribution in [0.2, 0.25) is 0 Å². The zero-order valence-electron chi connectivity index (χ0n) is 12.5. The average Bonchev–Trinajstić information content (AvgIpc) is 2.83. The van der Waals surface area contributed by atoms with E-state index in [1.54, 1.807) is 44.9 Å². The van der Waals surface area contributed by atoms with E-state index >= 15 is 0 Å². The Labute approximate surface area is 114 Å². The van der Waals surface area contributed by atoms with E-state index in [0.717, 1.165) is 35.5 Å². The zero-order valence-corrected chi connectivity index (χ0v) is 12.5. The molecular weight excluding hydrogens is 216 g/mol. The lowest BCUT2D eigenvalue weighted by Crippen LogP contribution is -2.31. The summed E-state index contributed by atoms with van der Waals surface area (Å²) in [5.74, 6) is 6.50. The molecule has 0 amide bonds. The Morgan fingerprint density at radius 3 is 2.11 bits per heavy atom. The molecule has 4 atom stereocenters. The first kappa shape index (κ1) is 13.0. The van der Waals surface area contributed by atoms with Crippen LogP contribution in [0.5, 0.6) is 0 Å². The Hall–Kier alpha value is 0. The lowest BCUT2D eigenvalue weighted by Gasteiger charge is -2.40. The van der Waals surface area contributed by atoms with Gasteiger partial charge in [-0.25, -0.2) is 0 Å². The summed E-state index contributed by atoms with van der Waals surface area (Å²) >= 11 is 0. The Bertz CT molecular complexity index is 261. The molecule has 0 spiro atoms. The third kappa shape index (κ3) is 2.49. The summed E-state index contributed by atoms with van der Waals surface area (Å²) in [6.45, 7) is 4.91. The van der Waals surface area contributed by atoms with E-state index in [2.05, 4.69) is 13.8 Å². The third-order valence-electron chi connectivity index (χ3n) is 6.65. The fraction of sp³-hybridized carbons (Fsp3) is 1.00. The minimum absolute atomic E-state index is 0.933. The van der Waals surface area contributed by atoms with Crippen molar-refractivity contribution >= 4 is 0 Å². The molecular formula is C18H32. The summed E-state index contributed by atoms with van der Waals surface area (Å²) < 4.78 is 0. The predicted molar refractivity (Wildman–Crippen MR) is 78.5 cm³/mol. The van der Waals surface area contributed by atoms with Crippen molar-refractivity contribution in [1.29, 1.82) is 0 Å². The molecule has 104 valence electrons. The molecule has 3 aliphatic carbocycles. The van der Waals surface area contributed by atoms with Crippen LogP contribution in [0.3, 0.4) is 0 Å². The minimum Gasteiger partial charge on any atom is -0.0625 e. The van der Waals surface area contributed by atoms with Crippen molar-refractivity contribution in [3.63, 3.8) is 0 Å². The summed E-state index contributed by atoms with van der Waals surface area (Å²) in [4.78, 5) is 0. The molecule has 0 bridgehead atoms. The van der Waals surface area contributed by atoms with Gasteiger partial charge in [0.1, 0.15) is 0 Å². The van der Waals surface area contributed by atoms with Crippen molar-refractivity contribution in [3.8, 4) is 0 Å². The first-order chi connectivity index (χ1) is 8.75. The van der Waals surface area contributed by atoms with Crippen LogP contribution in [0, 0.1) is 35.5 Å². The van der Waals surface area contributed by atoms with Crippen LogP contribution in [0.4, 0.5) is 0 Å². The van der Waals surface area contributed by atoms with Crippen molar-refractivity contribution in [2.24, 2.45) is 35.5 Å². The van der Waals surface area contributed by atoms with E-state index in [9.17, 15) is 0 Å². The molecule has 0 N–H and O–H groups in total. The third-order valence-corrected chi connectivity index (χ3v) is 6.65. The Morgan fingerprint density at radius 2 is 1.39 bits per heavy atom. The molecule has 0 aromatic carbocycles. The van der Waals surface area contributed by atoms with Crippen molar-refractivity contribution < 1.29 is 0 Å². The van der Waals surface area contributed by atoms with E-state index in [4.69, 9.17) is 0 Å². The zero-order chi connectivity index (χ0) is 12.5. The second kappa shape index (κ2) is 5.55. The normalized spacial score (nSPS) is 42.2. The van der Waals surface area contributed by atoms with Gasteiger partial charge in [-0.05, 0) is 54.8 Å². The summed E-state index contributed by atoms with van der Waals surface area (Å²) in [6, 6.07) is 0. The molecule has 0 radical (unpaired) electrons. The maximum atomic E-state index is 2.46. The molecule has 0 heteroatoms. The molecule has 4 unspecified atom stereocenters. The molecule has 0 heterocycles. The van der Waals surface area contributed by atoms with Crippen LogP contribution in [0.25, 0.3) is 0 Å². The van der Waals surface area contributed by atoms with Gasteiger partial charge in [-0.1, -0.05) is 58.8 Å². The maximum absolute atomic E-state index is 2.46. The molecule has 0 saturated heterocycles. The Morgan fingerprint density at radius 1 is 0.667 bits per heavy atom. The lowest BCUT2D eigenvalue weighted by molar-refractivity contribution is 0.0982. The number of fused-ring (bicyclic) bond motifs is 1. The van der Waals surface area contributed by atoms with E-state index < -0.39 is 0 Å². The number of hydrogen-bond donors (Lipinski definition) is 0. The Kier molecular flexibility index (Phi) is 4.01. The molecule has 18 heavy (non-hydrogen) atoms. The van der Waals surface area contributed by atoms with E-state index in [1.165, 1.54) is 19.3 Å². The maximum Gasteiger partial charge on any atom is -0.0352 e. The van der Waals surface area contributed by atoms with Gasteiger partial charge in [0.2, 0.25) is 0 Å². The van der Waals surface area contributed by atoms with Crippen LogP contribution in [0.15, 0.2) is 0 Å². The Balaban J connectivity index is 1.67. The molecule has 0 aliphatic heterocycles. The van der Waals surface area contributed by atoms with Gasteiger partial charge >= 0.3 is 0 Å². The summed E-state index contributed by atoms with van der Waals surface area (Å²) in [6.07, 6.45) is 15.6. The van der Waals surface area contributed by atoms with Crippen molar-refractivity contribution in [1.82, 2.24) is 0 Å². The van der Waals surface area contributed by atoms with Gasteiger partial charge in [0.25, 0.3) is 0 Å². The van der Waals surface area contributed by atoms with Crippen LogP contribution in [-0.2, 0) is 0 Å². The predicted octanol–water partition coefficient (Wildman–Crippen LogP) is 5.67. The first-order valence-corrected chi connectivity index (χ1v) is 8.75. The molecule has 0 aromatic heterocycles. The van der Waals surface area contributed by atoms with Gasteiger partial charge in [0.05, 0.1) is 0 Å². The summed E-state index contributed by atoms with van der Waals surface area (Å²) in [5.41, 5.74) is 0. The second-order valence-corrected chi connectivity index (χ2v) is 7.89. The van der Waals surface area contributed by atoms with Gasteiger partial charge in [0, 0.05) is 0 Å². The second-order valence-electron chi connectivity index (χ2n) is 7.89. The van der Waals surface area contributed by atoms with Gasteiger partial charge < -0.3 is 0 Å². The van der Waals surface area contributed by atoms with E-state index in [-0.39, 0.29) is 0 Å². The quantitative estimate of drug-likeness (QED) is 0.591. The van der Waals surface area contributed by atoms with Gasteiger partial charge in [0.15, 0.2) is 0 Å². The molecule has 0 nitrogen and oxygen atoms in total. The fourth-order valence-corrected chi connectivity index (χ4v) is 5.58. The SMILES string of the molecule is CC(C)C1CC2CCCC(C3CCCCC3)C2C1. The molecule has 0 aromatic rings. The summed E-state index contributed by atoms with van der Waals surface area (Å²) in [5, 5.41) is 0. The standard InChI is InChI=1S/C18H32/c1-13(2)16-11-15-9-6-10-17(18(15)12-16)14-7-4-3-5-8-14/h13-18H,3-12H2,1-2H3. The molecule has 3 fully saturated rings. The van der Waals surface area contributed by atoms with Gasteiger partial charge in [-0.15, -0.1) is 0 Å². The molecule has 3 saturated carbocycles. The van der Waals surface area contributed by atoms with Crippen LogP contribution < -0.4 is 0 Å². The van der Waals surface area contributed by atoms with Crippen molar-refractivity contribution in [3.05, 3.63) is 0 Å². The largest absolute Gasteiger partial charge is 0.0625 e.